The number of carbonyl (C=O) groups excluding carboxylic acids is 1. The van der Waals surface area contributed by atoms with Gasteiger partial charge in [-0.3, -0.25) is 0 Å². The molecule has 0 aliphatic carbocycles. The topological polar surface area (TPSA) is 73.0 Å². The van der Waals surface area contributed by atoms with E-state index in [9.17, 15) is 13.2 Å². The van der Waals surface area contributed by atoms with Crippen LogP contribution >= 0.6 is 0 Å². The van der Waals surface area contributed by atoms with Crippen molar-refractivity contribution < 1.29 is 13.2 Å². The van der Waals surface area contributed by atoms with Crippen molar-refractivity contribution in [1.29, 1.82) is 0 Å². The minimum Gasteiger partial charge on any atom is -0.335 e. The smallest absolute Gasteiger partial charge is 0.317 e. The second-order valence-corrected chi connectivity index (χ2v) is 8.90. The van der Waals surface area contributed by atoms with Gasteiger partial charge in [-0.15, -0.1) is 0 Å². The maximum atomic E-state index is 12.3. The molecule has 1 N–H and O–H groups in total. The van der Waals surface area contributed by atoms with E-state index in [4.69, 9.17) is 0 Å². The SMILES string of the molecule is CCS(=O)(=O)N1CCN(C(=O)NC2CCN(C(C)C)CC2)CC1. The summed E-state index contributed by atoms with van der Waals surface area (Å²) in [4.78, 5) is 16.5. The molecule has 2 rings (SSSR count). The molecule has 0 spiro atoms. The van der Waals surface area contributed by atoms with Crippen LogP contribution in [-0.2, 0) is 10.0 Å². The van der Waals surface area contributed by atoms with Gasteiger partial charge in [0.1, 0.15) is 0 Å². The van der Waals surface area contributed by atoms with Crippen LogP contribution in [0.1, 0.15) is 33.6 Å². The van der Waals surface area contributed by atoms with Crippen LogP contribution in [0.5, 0.6) is 0 Å². The molecule has 0 aromatic carbocycles. The standard InChI is InChI=1S/C15H30N4O3S/c1-4-23(21,22)19-11-9-18(10-12-19)15(20)16-14-5-7-17(8-6-14)13(2)3/h13-14H,4-12H2,1-3H3,(H,16,20). The quantitative estimate of drug-likeness (QED) is 0.806. The zero-order valence-electron chi connectivity index (χ0n) is 14.5. The second-order valence-electron chi connectivity index (χ2n) is 6.64. The molecule has 2 saturated heterocycles. The number of hydrogen-bond acceptors (Lipinski definition) is 4. The van der Waals surface area contributed by atoms with Gasteiger partial charge in [0.2, 0.25) is 10.0 Å². The first-order valence-electron chi connectivity index (χ1n) is 8.60. The van der Waals surface area contributed by atoms with Crippen LogP contribution in [0.3, 0.4) is 0 Å². The van der Waals surface area contributed by atoms with Gasteiger partial charge < -0.3 is 15.1 Å². The van der Waals surface area contributed by atoms with Crippen molar-refractivity contribution in [1.82, 2.24) is 19.4 Å². The Bertz CT molecular complexity index is 493. The average Bonchev–Trinajstić information content (AvgIpc) is 2.55. The number of hydrogen-bond donors (Lipinski definition) is 1. The zero-order valence-corrected chi connectivity index (χ0v) is 15.3. The van der Waals surface area contributed by atoms with Crippen molar-refractivity contribution in [3.8, 4) is 0 Å². The molecule has 23 heavy (non-hydrogen) atoms. The minimum atomic E-state index is -3.14. The summed E-state index contributed by atoms with van der Waals surface area (Å²) in [6.07, 6.45) is 1.96. The summed E-state index contributed by atoms with van der Waals surface area (Å²) >= 11 is 0. The van der Waals surface area contributed by atoms with Crippen LogP contribution < -0.4 is 5.32 Å². The van der Waals surface area contributed by atoms with Gasteiger partial charge in [-0.05, 0) is 33.6 Å². The third-order valence-corrected chi connectivity index (χ3v) is 6.75. The summed E-state index contributed by atoms with van der Waals surface area (Å²) < 4.78 is 25.2. The normalized spacial score (nSPS) is 22.5. The third kappa shape index (κ3) is 4.81. The maximum absolute atomic E-state index is 12.3. The van der Waals surface area contributed by atoms with Gasteiger partial charge in [-0.2, -0.15) is 4.31 Å². The fourth-order valence-electron chi connectivity index (χ4n) is 3.18. The summed E-state index contributed by atoms with van der Waals surface area (Å²) in [5, 5.41) is 3.11. The predicted molar refractivity (Wildman–Crippen MR) is 90.9 cm³/mol. The summed E-state index contributed by atoms with van der Waals surface area (Å²) in [5.74, 6) is 0.119. The van der Waals surface area contributed by atoms with Crippen molar-refractivity contribution in [3.05, 3.63) is 0 Å². The number of sulfonamides is 1. The van der Waals surface area contributed by atoms with E-state index in [1.54, 1.807) is 11.8 Å². The van der Waals surface area contributed by atoms with Crippen LogP contribution in [0.2, 0.25) is 0 Å². The number of amides is 2. The molecule has 0 radical (unpaired) electrons. The summed E-state index contributed by atoms with van der Waals surface area (Å²) in [7, 11) is -3.14. The fourth-order valence-corrected chi connectivity index (χ4v) is 4.26. The molecule has 2 fully saturated rings. The Labute approximate surface area is 140 Å². The molecule has 0 bridgehead atoms. The van der Waals surface area contributed by atoms with Crippen LogP contribution in [0.25, 0.3) is 0 Å². The van der Waals surface area contributed by atoms with Gasteiger partial charge in [0.15, 0.2) is 0 Å². The molecule has 0 unspecified atom stereocenters. The number of urea groups is 1. The molecule has 2 heterocycles. The Balaban J connectivity index is 1.76. The number of nitrogens with one attached hydrogen (secondary N) is 1. The number of piperidine rings is 1. The van der Waals surface area contributed by atoms with Gasteiger partial charge in [0.05, 0.1) is 5.75 Å². The molecule has 7 nitrogen and oxygen atoms in total. The monoisotopic (exact) mass is 346 g/mol. The summed E-state index contributed by atoms with van der Waals surface area (Å²) in [6.45, 7) is 9.82. The van der Waals surface area contributed by atoms with Crippen molar-refractivity contribution in [2.24, 2.45) is 0 Å². The zero-order chi connectivity index (χ0) is 17.0. The highest BCUT2D eigenvalue weighted by Gasteiger charge is 2.29. The first-order valence-corrected chi connectivity index (χ1v) is 10.2. The molecule has 0 aromatic rings. The molecule has 0 saturated carbocycles. The highest BCUT2D eigenvalue weighted by atomic mass is 32.2. The Hall–Kier alpha value is -0.860. The maximum Gasteiger partial charge on any atom is 0.317 e. The van der Waals surface area contributed by atoms with Crippen LogP contribution in [0, 0.1) is 0 Å². The molecule has 134 valence electrons. The van der Waals surface area contributed by atoms with E-state index in [-0.39, 0.29) is 17.8 Å². The number of piperazine rings is 1. The van der Waals surface area contributed by atoms with Gasteiger partial charge in [0, 0.05) is 51.4 Å². The Kier molecular flexibility index (Phi) is 6.27. The number of carbonyl (C=O) groups is 1. The van der Waals surface area contributed by atoms with Gasteiger partial charge in [0.25, 0.3) is 0 Å². The Morgan fingerprint density at radius 3 is 2.13 bits per heavy atom. The molecule has 2 aliphatic heterocycles. The van der Waals surface area contributed by atoms with Gasteiger partial charge in [-0.1, -0.05) is 0 Å². The lowest BCUT2D eigenvalue weighted by molar-refractivity contribution is 0.144. The molecule has 2 amide bonds. The van der Waals surface area contributed by atoms with Crippen LogP contribution in [0.4, 0.5) is 4.79 Å². The molecular formula is C15H30N4O3S. The minimum absolute atomic E-state index is 0.0541. The van der Waals surface area contributed by atoms with Crippen LogP contribution in [0.15, 0.2) is 0 Å². The van der Waals surface area contributed by atoms with Crippen molar-refractivity contribution in [3.63, 3.8) is 0 Å². The summed E-state index contributed by atoms with van der Waals surface area (Å²) in [5.41, 5.74) is 0. The van der Waals surface area contributed by atoms with Crippen molar-refractivity contribution >= 4 is 16.1 Å². The Morgan fingerprint density at radius 1 is 1.09 bits per heavy atom. The highest BCUT2D eigenvalue weighted by molar-refractivity contribution is 7.89. The molecule has 0 atom stereocenters. The van der Waals surface area contributed by atoms with E-state index in [1.165, 1.54) is 4.31 Å². The molecular weight excluding hydrogens is 316 g/mol. The average molecular weight is 346 g/mol. The van der Waals surface area contributed by atoms with Gasteiger partial charge in [-0.25, -0.2) is 13.2 Å². The summed E-state index contributed by atoms with van der Waals surface area (Å²) in [6, 6.07) is 0.733. The first-order chi connectivity index (χ1) is 10.8. The molecule has 8 heteroatoms. The van der Waals surface area contributed by atoms with E-state index < -0.39 is 10.0 Å². The van der Waals surface area contributed by atoms with E-state index in [0.29, 0.717) is 32.2 Å². The molecule has 2 aliphatic rings. The lowest BCUT2D eigenvalue weighted by Gasteiger charge is -2.37. The second kappa shape index (κ2) is 7.81. The van der Waals surface area contributed by atoms with Crippen molar-refractivity contribution in [2.75, 3.05) is 45.0 Å². The predicted octanol–water partition coefficient (Wildman–Crippen LogP) is 0.536. The Morgan fingerprint density at radius 2 is 1.65 bits per heavy atom. The molecule has 0 aromatic heterocycles. The lowest BCUT2D eigenvalue weighted by atomic mass is 10.0. The van der Waals surface area contributed by atoms with Gasteiger partial charge >= 0.3 is 6.03 Å². The first kappa shape index (κ1) is 18.5. The van der Waals surface area contributed by atoms with Crippen LogP contribution in [-0.4, -0.2) is 85.7 Å². The largest absolute Gasteiger partial charge is 0.335 e. The number of likely N-dealkylation sites (tertiary alicyclic amines) is 1. The van der Waals surface area contributed by atoms with Crippen molar-refractivity contribution in [2.45, 2.75) is 45.7 Å². The lowest BCUT2D eigenvalue weighted by Crippen LogP contribution is -2.56. The number of nitrogens with zero attached hydrogens (tertiary/aromatic N) is 3. The number of rotatable bonds is 4. The highest BCUT2D eigenvalue weighted by Crippen LogP contribution is 2.14. The fraction of sp³-hybridized carbons (Fsp3) is 0.933. The van der Waals surface area contributed by atoms with E-state index >= 15 is 0 Å². The van der Waals surface area contributed by atoms with E-state index in [0.717, 1.165) is 25.9 Å². The third-order valence-electron chi connectivity index (χ3n) is 4.87. The van der Waals surface area contributed by atoms with E-state index in [2.05, 4.69) is 24.1 Å². The van der Waals surface area contributed by atoms with E-state index in [1.807, 2.05) is 0 Å².